The molecule has 6 heteroatoms. The quantitative estimate of drug-likeness (QED) is 0.866. The first-order valence-corrected chi connectivity index (χ1v) is 8.62. The molecule has 1 saturated heterocycles. The SMILES string of the molecule is CCc1nc(C)sc1C(=O)N1CCCC[C@H]1c1cc(C)on1. The molecule has 3 heterocycles. The highest BCUT2D eigenvalue weighted by molar-refractivity contribution is 7.13. The minimum Gasteiger partial charge on any atom is -0.361 e. The third kappa shape index (κ3) is 2.79. The Hall–Kier alpha value is -1.69. The molecular formula is C16H21N3O2S. The van der Waals surface area contributed by atoms with Gasteiger partial charge >= 0.3 is 0 Å². The summed E-state index contributed by atoms with van der Waals surface area (Å²) in [6, 6.07) is 1.96. The zero-order valence-electron chi connectivity index (χ0n) is 13.3. The molecule has 0 unspecified atom stereocenters. The number of thiazole rings is 1. The number of aryl methyl sites for hydroxylation is 3. The lowest BCUT2D eigenvalue weighted by Gasteiger charge is -2.34. The van der Waals surface area contributed by atoms with Gasteiger partial charge in [-0.05, 0) is 39.5 Å². The zero-order valence-corrected chi connectivity index (χ0v) is 14.1. The number of rotatable bonds is 3. The van der Waals surface area contributed by atoms with Gasteiger partial charge in [-0.3, -0.25) is 4.79 Å². The topological polar surface area (TPSA) is 59.2 Å². The van der Waals surface area contributed by atoms with Gasteiger partial charge in [0.2, 0.25) is 0 Å². The van der Waals surface area contributed by atoms with Crippen molar-refractivity contribution in [1.82, 2.24) is 15.0 Å². The minimum atomic E-state index is 0.0193. The Morgan fingerprint density at radius 3 is 2.95 bits per heavy atom. The first-order valence-electron chi connectivity index (χ1n) is 7.80. The molecule has 0 aromatic carbocycles. The van der Waals surface area contributed by atoms with E-state index in [1.807, 2.05) is 31.7 Å². The number of carbonyl (C=O) groups excluding carboxylic acids is 1. The minimum absolute atomic E-state index is 0.0193. The summed E-state index contributed by atoms with van der Waals surface area (Å²) in [7, 11) is 0. The third-order valence-electron chi connectivity index (χ3n) is 4.08. The summed E-state index contributed by atoms with van der Waals surface area (Å²) < 4.78 is 5.20. The lowest BCUT2D eigenvalue weighted by Crippen LogP contribution is -2.38. The molecule has 0 aliphatic carbocycles. The Morgan fingerprint density at radius 2 is 2.27 bits per heavy atom. The normalized spacial score (nSPS) is 18.7. The molecule has 0 N–H and O–H groups in total. The van der Waals surface area contributed by atoms with Crippen molar-refractivity contribution in [1.29, 1.82) is 0 Å². The van der Waals surface area contributed by atoms with E-state index < -0.39 is 0 Å². The van der Waals surface area contributed by atoms with Crippen molar-refractivity contribution in [3.8, 4) is 0 Å². The van der Waals surface area contributed by atoms with Gasteiger partial charge < -0.3 is 9.42 Å². The summed E-state index contributed by atoms with van der Waals surface area (Å²) in [5.74, 6) is 0.878. The molecule has 0 bridgehead atoms. The summed E-state index contributed by atoms with van der Waals surface area (Å²) >= 11 is 1.50. The Balaban J connectivity index is 1.91. The van der Waals surface area contributed by atoms with E-state index >= 15 is 0 Å². The Kier molecular flexibility index (Phi) is 4.29. The van der Waals surface area contributed by atoms with Crippen molar-refractivity contribution in [2.75, 3.05) is 6.54 Å². The van der Waals surface area contributed by atoms with E-state index in [1.165, 1.54) is 11.3 Å². The molecule has 118 valence electrons. The average Bonchev–Trinajstić information content (AvgIpc) is 3.12. The fourth-order valence-corrected chi connectivity index (χ4v) is 4.00. The van der Waals surface area contributed by atoms with Crippen LogP contribution in [0.5, 0.6) is 0 Å². The number of hydrogen-bond donors (Lipinski definition) is 0. The van der Waals surface area contributed by atoms with Gasteiger partial charge in [0, 0.05) is 12.6 Å². The van der Waals surface area contributed by atoms with Gasteiger partial charge in [0.15, 0.2) is 0 Å². The van der Waals surface area contributed by atoms with E-state index in [0.717, 1.165) is 59.3 Å². The maximum atomic E-state index is 13.0. The van der Waals surface area contributed by atoms with Crippen LogP contribution in [0.4, 0.5) is 0 Å². The molecule has 5 nitrogen and oxygen atoms in total. The fourth-order valence-electron chi connectivity index (χ4n) is 3.03. The third-order valence-corrected chi connectivity index (χ3v) is 5.09. The molecule has 1 aliphatic heterocycles. The van der Waals surface area contributed by atoms with Gasteiger partial charge in [-0.2, -0.15) is 0 Å². The number of likely N-dealkylation sites (tertiary alicyclic amines) is 1. The van der Waals surface area contributed by atoms with Crippen LogP contribution in [0.1, 0.15) is 64.1 Å². The monoisotopic (exact) mass is 319 g/mol. The average molecular weight is 319 g/mol. The number of aromatic nitrogens is 2. The number of amides is 1. The van der Waals surface area contributed by atoms with Crippen molar-refractivity contribution in [2.24, 2.45) is 0 Å². The number of nitrogens with zero attached hydrogens (tertiary/aromatic N) is 3. The highest BCUT2D eigenvalue weighted by Crippen LogP contribution is 2.33. The standard InChI is InChI=1S/C16H21N3O2S/c1-4-12-15(22-11(3)17-12)16(20)19-8-6-5-7-14(19)13-9-10(2)21-18-13/h9,14H,4-8H2,1-3H3/t14-/m0/s1. The fraction of sp³-hybridized carbons (Fsp3) is 0.562. The first-order chi connectivity index (χ1) is 10.6. The number of piperidine rings is 1. The summed E-state index contributed by atoms with van der Waals surface area (Å²) in [5.41, 5.74) is 1.78. The van der Waals surface area contributed by atoms with Gasteiger partial charge in [-0.1, -0.05) is 12.1 Å². The molecule has 1 atom stereocenters. The van der Waals surface area contributed by atoms with E-state index in [-0.39, 0.29) is 11.9 Å². The number of hydrogen-bond acceptors (Lipinski definition) is 5. The van der Waals surface area contributed by atoms with E-state index in [9.17, 15) is 4.79 Å². The smallest absolute Gasteiger partial charge is 0.266 e. The van der Waals surface area contributed by atoms with E-state index in [2.05, 4.69) is 10.1 Å². The van der Waals surface area contributed by atoms with Crippen molar-refractivity contribution in [2.45, 2.75) is 52.5 Å². The van der Waals surface area contributed by atoms with Crippen molar-refractivity contribution >= 4 is 17.2 Å². The van der Waals surface area contributed by atoms with Gasteiger partial charge in [0.25, 0.3) is 5.91 Å². The van der Waals surface area contributed by atoms with Crippen LogP contribution in [-0.4, -0.2) is 27.5 Å². The Labute approximate surface area is 134 Å². The number of carbonyl (C=O) groups is 1. The van der Waals surface area contributed by atoms with Crippen LogP contribution in [0, 0.1) is 13.8 Å². The van der Waals surface area contributed by atoms with Gasteiger partial charge in [0.05, 0.1) is 16.7 Å². The maximum absolute atomic E-state index is 13.0. The summed E-state index contributed by atoms with van der Waals surface area (Å²) in [5, 5.41) is 5.08. The van der Waals surface area contributed by atoms with Gasteiger partial charge in [-0.15, -0.1) is 11.3 Å². The first kappa shape index (κ1) is 15.2. The highest BCUT2D eigenvalue weighted by atomic mass is 32.1. The highest BCUT2D eigenvalue weighted by Gasteiger charge is 2.32. The molecule has 0 spiro atoms. The molecule has 22 heavy (non-hydrogen) atoms. The lowest BCUT2D eigenvalue weighted by atomic mass is 9.98. The van der Waals surface area contributed by atoms with Crippen LogP contribution in [0.3, 0.4) is 0 Å². The Bertz CT molecular complexity index is 677. The molecule has 2 aromatic heterocycles. The van der Waals surface area contributed by atoms with Crippen molar-refractivity contribution in [3.63, 3.8) is 0 Å². The predicted octanol–water partition coefficient (Wildman–Crippen LogP) is 3.68. The molecule has 0 saturated carbocycles. The van der Waals surface area contributed by atoms with Gasteiger partial charge in [0.1, 0.15) is 16.3 Å². The van der Waals surface area contributed by atoms with Crippen LogP contribution in [-0.2, 0) is 6.42 Å². The Morgan fingerprint density at radius 1 is 1.45 bits per heavy atom. The van der Waals surface area contributed by atoms with Crippen LogP contribution in [0.25, 0.3) is 0 Å². The molecular weight excluding hydrogens is 298 g/mol. The van der Waals surface area contributed by atoms with Crippen LogP contribution in [0.15, 0.2) is 10.6 Å². The van der Waals surface area contributed by atoms with Crippen LogP contribution >= 0.6 is 11.3 Å². The molecule has 1 amide bonds. The lowest BCUT2D eigenvalue weighted by molar-refractivity contribution is 0.0605. The predicted molar refractivity (Wildman–Crippen MR) is 85.1 cm³/mol. The largest absolute Gasteiger partial charge is 0.361 e. The summed E-state index contributed by atoms with van der Waals surface area (Å²) in [6.07, 6.45) is 3.88. The molecule has 2 aromatic rings. The van der Waals surface area contributed by atoms with E-state index in [4.69, 9.17) is 4.52 Å². The van der Waals surface area contributed by atoms with Crippen molar-refractivity contribution in [3.05, 3.63) is 33.1 Å². The summed E-state index contributed by atoms with van der Waals surface area (Å²) in [6.45, 7) is 6.65. The van der Waals surface area contributed by atoms with E-state index in [0.29, 0.717) is 0 Å². The second kappa shape index (κ2) is 6.20. The molecule has 1 fully saturated rings. The molecule has 0 radical (unpaired) electrons. The second-order valence-corrected chi connectivity index (χ2v) is 6.94. The van der Waals surface area contributed by atoms with E-state index in [1.54, 1.807) is 0 Å². The van der Waals surface area contributed by atoms with Gasteiger partial charge in [-0.25, -0.2) is 4.98 Å². The maximum Gasteiger partial charge on any atom is 0.266 e. The second-order valence-electron chi connectivity index (χ2n) is 5.73. The van der Waals surface area contributed by atoms with Crippen LogP contribution < -0.4 is 0 Å². The van der Waals surface area contributed by atoms with Crippen molar-refractivity contribution < 1.29 is 9.32 Å². The molecule has 1 aliphatic rings. The zero-order chi connectivity index (χ0) is 15.7. The van der Waals surface area contributed by atoms with Crippen LogP contribution in [0.2, 0.25) is 0 Å². The summed E-state index contributed by atoms with van der Waals surface area (Å²) in [4.78, 5) is 20.2. The molecule has 3 rings (SSSR count).